The van der Waals surface area contributed by atoms with Crippen molar-refractivity contribution in [3.8, 4) is 11.5 Å². The summed E-state index contributed by atoms with van der Waals surface area (Å²) in [4.78, 5) is 4.33. The maximum absolute atomic E-state index is 6.22. The van der Waals surface area contributed by atoms with Gasteiger partial charge in [-0.2, -0.15) is 0 Å². The van der Waals surface area contributed by atoms with E-state index in [-0.39, 0.29) is 6.10 Å². The second kappa shape index (κ2) is 9.18. The summed E-state index contributed by atoms with van der Waals surface area (Å²) in [7, 11) is 1.61. The number of anilines is 1. The lowest BCUT2D eigenvalue weighted by atomic mass is 10.1. The molecule has 0 aliphatic carbocycles. The zero-order chi connectivity index (χ0) is 18.2. The monoisotopic (exact) mass is 361 g/mol. The maximum atomic E-state index is 6.22. The molecule has 2 rings (SSSR count). The molecule has 0 saturated carbocycles. The maximum Gasteiger partial charge on any atom is 0.193 e. The fourth-order valence-electron chi connectivity index (χ4n) is 2.23. The average molecular weight is 362 g/mol. The first-order valence-electron chi connectivity index (χ1n) is 8.14. The third-order valence-electron chi connectivity index (χ3n) is 3.42. The van der Waals surface area contributed by atoms with Crippen molar-refractivity contribution >= 4 is 23.2 Å². The van der Waals surface area contributed by atoms with Gasteiger partial charge in [-0.25, -0.2) is 0 Å². The SMILES string of the molecule is COc1ccc(CCN=C(N)Nc2ccc(OC(C)C)cc2)c(Cl)c1. The molecule has 3 N–H and O–H groups in total. The molecule has 6 heteroatoms. The number of hydrogen-bond donors (Lipinski definition) is 2. The smallest absolute Gasteiger partial charge is 0.193 e. The minimum atomic E-state index is 0.148. The molecule has 0 amide bonds. The average Bonchev–Trinajstić information content (AvgIpc) is 2.57. The molecular formula is C19H24ClN3O2. The summed E-state index contributed by atoms with van der Waals surface area (Å²) in [5.74, 6) is 1.93. The highest BCUT2D eigenvalue weighted by Crippen LogP contribution is 2.22. The van der Waals surface area contributed by atoms with E-state index in [0.717, 1.165) is 22.7 Å². The molecule has 0 spiro atoms. The summed E-state index contributed by atoms with van der Waals surface area (Å²) in [5, 5.41) is 3.73. The molecule has 0 radical (unpaired) electrons. The summed E-state index contributed by atoms with van der Waals surface area (Å²) in [6, 6.07) is 13.2. The summed E-state index contributed by atoms with van der Waals surface area (Å²) in [5.41, 5.74) is 7.80. The van der Waals surface area contributed by atoms with Crippen LogP contribution < -0.4 is 20.5 Å². The van der Waals surface area contributed by atoms with Crippen LogP contribution in [0.25, 0.3) is 0 Å². The number of rotatable bonds is 7. The molecular weight excluding hydrogens is 338 g/mol. The van der Waals surface area contributed by atoms with Gasteiger partial charge in [0.1, 0.15) is 11.5 Å². The van der Waals surface area contributed by atoms with Crippen LogP contribution in [0.1, 0.15) is 19.4 Å². The predicted octanol–water partition coefficient (Wildman–Crippen LogP) is 4.11. The Kier molecular flexibility index (Phi) is 6.95. The van der Waals surface area contributed by atoms with Crippen LogP contribution in [0.15, 0.2) is 47.5 Å². The zero-order valence-corrected chi connectivity index (χ0v) is 15.5. The van der Waals surface area contributed by atoms with Crippen molar-refractivity contribution in [2.75, 3.05) is 19.0 Å². The largest absolute Gasteiger partial charge is 0.497 e. The van der Waals surface area contributed by atoms with Gasteiger partial charge in [0.25, 0.3) is 0 Å². The molecule has 25 heavy (non-hydrogen) atoms. The summed E-state index contributed by atoms with van der Waals surface area (Å²) >= 11 is 6.22. The Morgan fingerprint density at radius 2 is 1.84 bits per heavy atom. The van der Waals surface area contributed by atoms with Crippen LogP contribution in [0, 0.1) is 0 Å². The van der Waals surface area contributed by atoms with E-state index in [4.69, 9.17) is 26.8 Å². The van der Waals surface area contributed by atoms with Gasteiger partial charge in [0.05, 0.1) is 13.2 Å². The quantitative estimate of drug-likeness (QED) is 0.575. The van der Waals surface area contributed by atoms with Gasteiger partial charge in [0.2, 0.25) is 0 Å². The number of guanidine groups is 1. The van der Waals surface area contributed by atoms with Crippen LogP contribution in [-0.2, 0) is 6.42 Å². The van der Waals surface area contributed by atoms with E-state index in [2.05, 4.69) is 10.3 Å². The molecule has 0 unspecified atom stereocenters. The van der Waals surface area contributed by atoms with Crippen molar-refractivity contribution in [2.45, 2.75) is 26.4 Å². The molecule has 0 bridgehead atoms. The van der Waals surface area contributed by atoms with Gasteiger partial charge in [0, 0.05) is 17.3 Å². The second-order valence-corrected chi connectivity index (χ2v) is 6.20. The lowest BCUT2D eigenvalue weighted by Gasteiger charge is -2.11. The zero-order valence-electron chi connectivity index (χ0n) is 14.8. The van der Waals surface area contributed by atoms with Gasteiger partial charge < -0.3 is 20.5 Å². The standard InChI is InChI=1S/C19H24ClN3O2/c1-13(2)25-16-8-5-15(6-9-16)23-19(21)22-11-10-14-4-7-17(24-3)12-18(14)20/h4-9,12-13H,10-11H2,1-3H3,(H3,21,22,23). The van der Waals surface area contributed by atoms with E-state index < -0.39 is 0 Å². The molecule has 5 nitrogen and oxygen atoms in total. The van der Waals surface area contributed by atoms with Crippen LogP contribution in [0.5, 0.6) is 11.5 Å². The molecule has 2 aromatic rings. The highest BCUT2D eigenvalue weighted by molar-refractivity contribution is 6.31. The highest BCUT2D eigenvalue weighted by atomic mass is 35.5. The van der Waals surface area contributed by atoms with Crippen molar-refractivity contribution in [3.05, 3.63) is 53.1 Å². The Bertz CT molecular complexity index is 715. The Morgan fingerprint density at radius 1 is 1.16 bits per heavy atom. The van der Waals surface area contributed by atoms with Crippen molar-refractivity contribution in [1.29, 1.82) is 0 Å². The van der Waals surface area contributed by atoms with Gasteiger partial charge in [-0.15, -0.1) is 0 Å². The number of nitrogens with one attached hydrogen (secondary N) is 1. The Morgan fingerprint density at radius 3 is 2.44 bits per heavy atom. The van der Waals surface area contributed by atoms with E-state index >= 15 is 0 Å². The number of benzene rings is 2. The van der Waals surface area contributed by atoms with Crippen LogP contribution in [0.3, 0.4) is 0 Å². The van der Waals surface area contributed by atoms with Crippen LogP contribution >= 0.6 is 11.6 Å². The predicted molar refractivity (Wildman–Crippen MR) is 104 cm³/mol. The normalized spacial score (nSPS) is 11.5. The van der Waals surface area contributed by atoms with Crippen molar-refractivity contribution < 1.29 is 9.47 Å². The third-order valence-corrected chi connectivity index (χ3v) is 3.77. The topological polar surface area (TPSA) is 68.9 Å². The van der Waals surface area contributed by atoms with Gasteiger partial charge in [-0.3, -0.25) is 4.99 Å². The first kappa shape index (κ1) is 18.9. The molecule has 0 aromatic heterocycles. The van der Waals surface area contributed by atoms with Gasteiger partial charge in [0.15, 0.2) is 5.96 Å². The first-order valence-corrected chi connectivity index (χ1v) is 8.52. The van der Waals surface area contributed by atoms with Crippen LogP contribution in [0.4, 0.5) is 5.69 Å². The Hall–Kier alpha value is -2.40. The van der Waals surface area contributed by atoms with Crippen LogP contribution in [-0.4, -0.2) is 25.7 Å². The number of aliphatic imine (C=N–C) groups is 1. The van der Waals surface area contributed by atoms with E-state index in [0.29, 0.717) is 23.9 Å². The van der Waals surface area contributed by atoms with Gasteiger partial charge >= 0.3 is 0 Å². The summed E-state index contributed by atoms with van der Waals surface area (Å²) in [6.07, 6.45) is 0.849. The fraction of sp³-hybridized carbons (Fsp3) is 0.316. The molecule has 0 atom stereocenters. The molecule has 0 heterocycles. The summed E-state index contributed by atoms with van der Waals surface area (Å²) in [6.45, 7) is 4.52. The first-order chi connectivity index (χ1) is 12.0. The molecule has 0 saturated heterocycles. The molecule has 2 aromatic carbocycles. The number of nitrogens with two attached hydrogens (primary N) is 1. The lowest BCUT2D eigenvalue weighted by Crippen LogP contribution is -2.23. The van der Waals surface area contributed by atoms with Crippen LogP contribution in [0.2, 0.25) is 5.02 Å². The second-order valence-electron chi connectivity index (χ2n) is 5.79. The van der Waals surface area contributed by atoms with Gasteiger partial charge in [-0.05, 0) is 62.2 Å². The summed E-state index contributed by atoms with van der Waals surface area (Å²) < 4.78 is 10.7. The number of halogens is 1. The Labute approximate surface area is 153 Å². The number of nitrogens with zero attached hydrogens (tertiary/aromatic N) is 1. The molecule has 0 fully saturated rings. The minimum Gasteiger partial charge on any atom is -0.497 e. The van der Waals surface area contributed by atoms with Gasteiger partial charge in [-0.1, -0.05) is 17.7 Å². The van der Waals surface area contributed by atoms with E-state index in [1.165, 1.54) is 0 Å². The lowest BCUT2D eigenvalue weighted by molar-refractivity contribution is 0.242. The van der Waals surface area contributed by atoms with E-state index in [9.17, 15) is 0 Å². The van der Waals surface area contributed by atoms with Crippen molar-refractivity contribution in [2.24, 2.45) is 10.7 Å². The Balaban J connectivity index is 1.87. The number of methoxy groups -OCH3 is 1. The van der Waals surface area contributed by atoms with Crippen molar-refractivity contribution in [1.82, 2.24) is 0 Å². The van der Waals surface area contributed by atoms with Crippen molar-refractivity contribution in [3.63, 3.8) is 0 Å². The minimum absolute atomic E-state index is 0.148. The van der Waals surface area contributed by atoms with E-state index in [1.807, 2.05) is 50.2 Å². The third kappa shape index (κ3) is 6.19. The molecule has 0 aliphatic heterocycles. The van der Waals surface area contributed by atoms with E-state index in [1.54, 1.807) is 13.2 Å². The molecule has 0 aliphatic rings. The fourth-order valence-corrected chi connectivity index (χ4v) is 2.50. The highest BCUT2D eigenvalue weighted by Gasteiger charge is 2.03. The number of hydrogen-bond acceptors (Lipinski definition) is 3. The molecule has 134 valence electrons. The number of ether oxygens (including phenoxy) is 2.